The molecular weight excluding hydrogens is 226 g/mol. The molecule has 0 saturated carbocycles. The Bertz CT molecular complexity index is 660. The van der Waals surface area contributed by atoms with Crippen molar-refractivity contribution in [3.8, 4) is 11.4 Å². The van der Waals surface area contributed by atoms with Gasteiger partial charge in [0.2, 0.25) is 0 Å². The fourth-order valence-electron chi connectivity index (χ4n) is 1.54. The van der Waals surface area contributed by atoms with Crippen molar-refractivity contribution in [2.45, 2.75) is 0 Å². The summed E-state index contributed by atoms with van der Waals surface area (Å²) >= 11 is 0. The van der Waals surface area contributed by atoms with E-state index in [1.54, 1.807) is 6.20 Å². The Hall–Kier alpha value is -2.37. The molecule has 0 aliphatic rings. The third-order valence-electron chi connectivity index (χ3n) is 2.36. The summed E-state index contributed by atoms with van der Waals surface area (Å²) in [5.41, 5.74) is 1.59. The summed E-state index contributed by atoms with van der Waals surface area (Å²) in [5.74, 6) is -1.36. The van der Waals surface area contributed by atoms with E-state index in [0.717, 1.165) is 12.1 Å². The first-order valence-corrected chi connectivity index (χ1v) is 4.85. The minimum Gasteiger partial charge on any atom is -0.335 e. The molecule has 0 unspecified atom stereocenters. The zero-order valence-electron chi connectivity index (χ0n) is 8.48. The van der Waals surface area contributed by atoms with Crippen molar-refractivity contribution in [3.63, 3.8) is 0 Å². The summed E-state index contributed by atoms with van der Waals surface area (Å²) in [6, 6.07) is 3.59. The highest BCUT2D eigenvalue weighted by molar-refractivity contribution is 5.74. The second kappa shape index (κ2) is 3.58. The minimum absolute atomic E-state index is 0.430. The van der Waals surface area contributed by atoms with Gasteiger partial charge in [-0.15, -0.1) is 0 Å². The highest BCUT2D eigenvalue weighted by Gasteiger charge is 2.09. The third kappa shape index (κ3) is 1.63. The SMILES string of the molecule is Fc1ccc(-c2nc3ncncc3[nH]2)cc1F. The lowest BCUT2D eigenvalue weighted by Gasteiger charge is -1.97. The monoisotopic (exact) mass is 232 g/mol. The van der Waals surface area contributed by atoms with Crippen LogP contribution in [0.15, 0.2) is 30.7 Å². The summed E-state index contributed by atoms with van der Waals surface area (Å²) in [5, 5.41) is 0. The molecule has 3 rings (SSSR count). The lowest BCUT2D eigenvalue weighted by molar-refractivity contribution is 0.509. The zero-order chi connectivity index (χ0) is 11.8. The standard InChI is InChI=1S/C11H6F2N4/c12-7-2-1-6(3-8(7)13)10-16-9-4-14-5-15-11(9)17-10/h1-5H,(H,14,15,16,17). The number of aromatic amines is 1. The summed E-state index contributed by atoms with van der Waals surface area (Å²) < 4.78 is 25.9. The van der Waals surface area contributed by atoms with Crippen LogP contribution in [0.25, 0.3) is 22.6 Å². The molecule has 1 N–H and O–H groups in total. The predicted molar refractivity (Wildman–Crippen MR) is 57.0 cm³/mol. The van der Waals surface area contributed by atoms with Crippen LogP contribution in [0.4, 0.5) is 8.78 Å². The molecule has 4 nitrogen and oxygen atoms in total. The topological polar surface area (TPSA) is 54.5 Å². The fraction of sp³-hybridized carbons (Fsp3) is 0. The van der Waals surface area contributed by atoms with E-state index in [1.807, 2.05) is 0 Å². The van der Waals surface area contributed by atoms with Gasteiger partial charge in [-0.1, -0.05) is 0 Å². The number of benzene rings is 1. The molecule has 0 fully saturated rings. The zero-order valence-corrected chi connectivity index (χ0v) is 8.48. The summed E-state index contributed by atoms with van der Waals surface area (Å²) in [7, 11) is 0. The highest BCUT2D eigenvalue weighted by atomic mass is 19.2. The third-order valence-corrected chi connectivity index (χ3v) is 2.36. The first-order chi connectivity index (χ1) is 8.24. The Morgan fingerprint density at radius 1 is 1.12 bits per heavy atom. The van der Waals surface area contributed by atoms with Crippen molar-refractivity contribution < 1.29 is 8.78 Å². The van der Waals surface area contributed by atoms with Gasteiger partial charge in [-0.05, 0) is 18.2 Å². The van der Waals surface area contributed by atoms with E-state index in [9.17, 15) is 8.78 Å². The first-order valence-electron chi connectivity index (χ1n) is 4.85. The number of hydrogen-bond donors (Lipinski definition) is 1. The maximum atomic E-state index is 13.1. The van der Waals surface area contributed by atoms with E-state index in [0.29, 0.717) is 22.6 Å². The Morgan fingerprint density at radius 3 is 2.76 bits per heavy atom. The van der Waals surface area contributed by atoms with E-state index < -0.39 is 11.6 Å². The number of aromatic nitrogens is 4. The van der Waals surface area contributed by atoms with Crippen LogP contribution in [-0.4, -0.2) is 19.9 Å². The van der Waals surface area contributed by atoms with Crippen LogP contribution >= 0.6 is 0 Å². The van der Waals surface area contributed by atoms with Crippen LogP contribution in [0.2, 0.25) is 0 Å². The minimum atomic E-state index is -0.908. The van der Waals surface area contributed by atoms with Gasteiger partial charge in [0, 0.05) is 5.56 Å². The van der Waals surface area contributed by atoms with Crippen molar-refractivity contribution >= 4 is 11.2 Å². The normalized spacial score (nSPS) is 10.9. The molecular formula is C11H6F2N4. The summed E-state index contributed by atoms with van der Waals surface area (Å²) in [6.45, 7) is 0. The van der Waals surface area contributed by atoms with Gasteiger partial charge in [0.15, 0.2) is 17.3 Å². The van der Waals surface area contributed by atoms with Gasteiger partial charge in [0.1, 0.15) is 17.7 Å². The molecule has 1 aromatic carbocycles. The number of rotatable bonds is 1. The van der Waals surface area contributed by atoms with Crippen LogP contribution in [0.5, 0.6) is 0 Å². The highest BCUT2D eigenvalue weighted by Crippen LogP contribution is 2.20. The molecule has 0 amide bonds. The quantitative estimate of drug-likeness (QED) is 0.700. The van der Waals surface area contributed by atoms with Crippen molar-refractivity contribution in [1.29, 1.82) is 0 Å². The fourth-order valence-corrected chi connectivity index (χ4v) is 1.54. The Morgan fingerprint density at radius 2 is 2.00 bits per heavy atom. The largest absolute Gasteiger partial charge is 0.335 e. The van der Waals surface area contributed by atoms with E-state index in [2.05, 4.69) is 19.9 Å². The molecule has 84 valence electrons. The van der Waals surface area contributed by atoms with Gasteiger partial charge < -0.3 is 4.98 Å². The number of fused-ring (bicyclic) bond motifs is 1. The molecule has 0 bridgehead atoms. The summed E-state index contributed by atoms with van der Waals surface area (Å²) in [4.78, 5) is 14.9. The van der Waals surface area contributed by atoms with Crippen LogP contribution in [-0.2, 0) is 0 Å². The molecule has 2 heterocycles. The summed E-state index contributed by atoms with van der Waals surface area (Å²) in [6.07, 6.45) is 2.94. The predicted octanol–water partition coefficient (Wildman–Crippen LogP) is 2.30. The molecule has 3 aromatic rings. The first kappa shape index (κ1) is 9.83. The van der Waals surface area contributed by atoms with Crippen LogP contribution in [0.3, 0.4) is 0 Å². The molecule has 17 heavy (non-hydrogen) atoms. The van der Waals surface area contributed by atoms with Crippen molar-refractivity contribution in [1.82, 2.24) is 19.9 Å². The van der Waals surface area contributed by atoms with Crippen molar-refractivity contribution in [2.75, 3.05) is 0 Å². The van der Waals surface area contributed by atoms with Crippen LogP contribution in [0, 0.1) is 11.6 Å². The maximum Gasteiger partial charge on any atom is 0.181 e. The van der Waals surface area contributed by atoms with E-state index >= 15 is 0 Å². The van der Waals surface area contributed by atoms with Gasteiger partial charge in [-0.3, -0.25) is 0 Å². The average Bonchev–Trinajstić information content (AvgIpc) is 2.76. The van der Waals surface area contributed by atoms with Gasteiger partial charge in [-0.25, -0.2) is 23.7 Å². The molecule has 0 radical (unpaired) electrons. The Kier molecular flexibility index (Phi) is 2.07. The second-order valence-electron chi connectivity index (χ2n) is 3.47. The maximum absolute atomic E-state index is 13.1. The van der Waals surface area contributed by atoms with Gasteiger partial charge in [0.25, 0.3) is 0 Å². The Labute approximate surface area is 94.4 Å². The van der Waals surface area contributed by atoms with E-state index in [1.165, 1.54) is 12.4 Å². The van der Waals surface area contributed by atoms with Crippen molar-refractivity contribution in [3.05, 3.63) is 42.4 Å². The van der Waals surface area contributed by atoms with Crippen LogP contribution < -0.4 is 0 Å². The van der Waals surface area contributed by atoms with Gasteiger partial charge in [0.05, 0.1) is 6.20 Å². The number of hydrogen-bond acceptors (Lipinski definition) is 3. The number of halogens is 2. The smallest absolute Gasteiger partial charge is 0.181 e. The van der Waals surface area contributed by atoms with Crippen molar-refractivity contribution in [2.24, 2.45) is 0 Å². The van der Waals surface area contributed by atoms with Gasteiger partial charge in [-0.2, -0.15) is 0 Å². The molecule has 0 atom stereocenters. The van der Waals surface area contributed by atoms with E-state index in [4.69, 9.17) is 0 Å². The number of H-pyrrole nitrogens is 1. The number of nitrogens with one attached hydrogen (secondary N) is 1. The van der Waals surface area contributed by atoms with Crippen LogP contribution in [0.1, 0.15) is 0 Å². The Balaban J connectivity index is 2.17. The van der Waals surface area contributed by atoms with Gasteiger partial charge >= 0.3 is 0 Å². The average molecular weight is 232 g/mol. The lowest BCUT2D eigenvalue weighted by atomic mass is 10.2. The molecule has 0 saturated heterocycles. The second-order valence-corrected chi connectivity index (χ2v) is 3.47. The van der Waals surface area contributed by atoms with E-state index in [-0.39, 0.29) is 0 Å². The number of imidazole rings is 1. The molecule has 0 aliphatic carbocycles. The lowest BCUT2D eigenvalue weighted by Crippen LogP contribution is -1.86. The molecule has 0 aliphatic heterocycles. The molecule has 6 heteroatoms. The number of nitrogens with zero attached hydrogens (tertiary/aromatic N) is 3. The molecule has 0 spiro atoms. The molecule has 2 aromatic heterocycles.